The Morgan fingerprint density at radius 1 is 1.33 bits per heavy atom. The van der Waals surface area contributed by atoms with Crippen LogP contribution in [0.15, 0.2) is 18.2 Å². The Labute approximate surface area is 90.5 Å². The van der Waals surface area contributed by atoms with Crippen molar-refractivity contribution in [3.8, 4) is 5.75 Å². The number of phosphoric ester groups is 1. The van der Waals surface area contributed by atoms with E-state index in [1.807, 2.05) is 0 Å². The zero-order chi connectivity index (χ0) is 11.6. The van der Waals surface area contributed by atoms with Gasteiger partial charge in [-0.2, -0.15) is 0 Å². The lowest BCUT2D eigenvalue weighted by Gasteiger charge is -2.07. The van der Waals surface area contributed by atoms with Crippen molar-refractivity contribution >= 4 is 27.6 Å². The zero-order valence-corrected chi connectivity index (χ0v) is 10.0. The van der Waals surface area contributed by atoms with Crippen LogP contribution in [0.5, 0.6) is 5.75 Å². The monoisotopic (exact) mass is 350 g/mol. The molecule has 15 heavy (non-hydrogen) atoms. The molecule has 0 aliphatic heterocycles. The van der Waals surface area contributed by atoms with Gasteiger partial charge in [-0.3, -0.25) is 9.79 Å². The van der Waals surface area contributed by atoms with Gasteiger partial charge in [0.05, 0.1) is 0 Å². The topological polar surface area (TPSA) is 101 Å². The summed E-state index contributed by atoms with van der Waals surface area (Å²) in [5, 5.41) is 0. The lowest BCUT2D eigenvalue weighted by Crippen LogP contribution is -1.93. The highest BCUT2D eigenvalue weighted by Crippen LogP contribution is 2.41. The maximum Gasteiger partial charge on any atom is 0.524 e. The Kier molecular flexibility index (Phi) is 3.77. The summed E-state index contributed by atoms with van der Waals surface area (Å²) in [7, 11) is -4.89. The van der Waals surface area contributed by atoms with Crippen LogP contribution in [0.4, 0.5) is 4.39 Å². The highest BCUT2D eigenvalue weighted by molar-refractivity contribution is 14.2. The van der Waals surface area contributed by atoms with Crippen LogP contribution < -0.4 is 4.52 Å². The van der Waals surface area contributed by atoms with Crippen LogP contribution in [0.1, 0.15) is 0 Å². The Balaban J connectivity index is 3.25. The first-order valence-electron chi connectivity index (χ1n) is 3.39. The first-order valence-corrected chi connectivity index (χ1v) is 7.76. The molecule has 84 valence electrons. The lowest BCUT2D eigenvalue weighted by atomic mass is 10.3. The second kappa shape index (κ2) is 4.52. The summed E-state index contributed by atoms with van der Waals surface area (Å²) < 4.78 is 48.1. The first kappa shape index (κ1) is 12.5. The molecule has 0 bridgehead atoms. The van der Waals surface area contributed by atoms with Crippen LogP contribution in [0, 0.1) is 9.39 Å². The first-order chi connectivity index (χ1) is 6.79. The van der Waals surface area contributed by atoms with E-state index in [1.165, 1.54) is 0 Å². The number of phosphoric acid groups is 1. The van der Waals surface area contributed by atoms with Crippen molar-refractivity contribution in [3.05, 3.63) is 27.6 Å². The summed E-state index contributed by atoms with van der Waals surface area (Å²) in [6.07, 6.45) is 0. The van der Waals surface area contributed by atoms with E-state index in [2.05, 4.69) is 4.52 Å². The molecule has 1 rings (SSSR count). The third-order valence-electron chi connectivity index (χ3n) is 1.28. The molecule has 1 aromatic carbocycles. The summed E-state index contributed by atoms with van der Waals surface area (Å²) >= 11 is -3.98. The molecule has 0 radical (unpaired) electrons. The Morgan fingerprint density at radius 2 is 1.93 bits per heavy atom. The highest BCUT2D eigenvalue weighted by atomic mass is 127. The van der Waals surface area contributed by atoms with Gasteiger partial charge < -0.3 is 4.52 Å². The van der Waals surface area contributed by atoms with Crippen LogP contribution in [0.2, 0.25) is 0 Å². The molecular formula is C6H5FIO6P. The third-order valence-corrected chi connectivity index (χ3v) is 3.55. The van der Waals surface area contributed by atoms with E-state index in [-0.39, 0.29) is 0 Å². The molecule has 0 unspecified atom stereocenters. The van der Waals surface area contributed by atoms with E-state index in [9.17, 15) is 15.1 Å². The fourth-order valence-electron chi connectivity index (χ4n) is 0.803. The maximum absolute atomic E-state index is 12.7. The zero-order valence-electron chi connectivity index (χ0n) is 6.96. The molecule has 1 aromatic rings. The summed E-state index contributed by atoms with van der Waals surface area (Å²) in [5.41, 5.74) is 0. The number of benzene rings is 1. The van der Waals surface area contributed by atoms with Gasteiger partial charge in [0.2, 0.25) is 0 Å². The predicted molar refractivity (Wildman–Crippen MR) is 53.2 cm³/mol. The van der Waals surface area contributed by atoms with Crippen molar-refractivity contribution in [3.63, 3.8) is 0 Å². The van der Waals surface area contributed by atoms with E-state index in [0.29, 0.717) is 6.07 Å². The number of rotatable bonds is 3. The van der Waals surface area contributed by atoms with Crippen LogP contribution in [0.25, 0.3) is 0 Å². The van der Waals surface area contributed by atoms with Crippen molar-refractivity contribution in [2.45, 2.75) is 0 Å². The van der Waals surface area contributed by atoms with Gasteiger partial charge in [0.1, 0.15) is 9.39 Å². The van der Waals surface area contributed by atoms with Crippen molar-refractivity contribution in [2.75, 3.05) is 0 Å². The van der Waals surface area contributed by atoms with Gasteiger partial charge in [-0.15, -0.1) is 0 Å². The molecule has 0 atom stereocenters. The molecule has 0 saturated heterocycles. The SMILES string of the molecule is O=I(=O)c1ccc(F)cc1OP(=O)(O)O. The quantitative estimate of drug-likeness (QED) is 0.635. The van der Waals surface area contributed by atoms with Crippen molar-refractivity contribution in [2.24, 2.45) is 0 Å². The minimum absolute atomic E-state index is 0.399. The van der Waals surface area contributed by atoms with E-state index < -0.39 is 42.8 Å². The molecule has 0 aliphatic rings. The fraction of sp³-hybridized carbons (Fsp3) is 0. The van der Waals surface area contributed by atoms with Crippen molar-refractivity contribution in [1.29, 1.82) is 0 Å². The Bertz CT molecular complexity index is 484. The third kappa shape index (κ3) is 3.82. The van der Waals surface area contributed by atoms with Crippen LogP contribution in [0.3, 0.4) is 0 Å². The minimum Gasteiger partial charge on any atom is -0.403 e. The van der Waals surface area contributed by atoms with Gasteiger partial charge in [-0.1, -0.05) is 0 Å². The number of hydrogen-bond donors (Lipinski definition) is 2. The van der Waals surface area contributed by atoms with E-state index in [4.69, 9.17) is 9.79 Å². The second-order valence-electron chi connectivity index (χ2n) is 2.37. The maximum atomic E-state index is 12.7. The summed E-state index contributed by atoms with van der Waals surface area (Å²) in [4.78, 5) is 16.9. The summed E-state index contributed by atoms with van der Waals surface area (Å²) in [5.74, 6) is -1.52. The van der Waals surface area contributed by atoms with E-state index in [1.54, 1.807) is 0 Å². The minimum atomic E-state index is -4.89. The summed E-state index contributed by atoms with van der Waals surface area (Å²) in [6.45, 7) is 0. The molecule has 9 heteroatoms. The van der Waals surface area contributed by atoms with Gasteiger partial charge in [-0.05, 0) is 12.1 Å². The van der Waals surface area contributed by atoms with Gasteiger partial charge in [0.15, 0.2) is 5.75 Å². The van der Waals surface area contributed by atoms with Gasteiger partial charge in [-0.25, -0.2) is 15.1 Å². The average Bonchev–Trinajstić information content (AvgIpc) is 1.99. The molecule has 0 saturated carbocycles. The van der Waals surface area contributed by atoms with Gasteiger partial charge >= 0.3 is 27.6 Å². The Morgan fingerprint density at radius 3 is 2.40 bits per heavy atom. The van der Waals surface area contributed by atoms with Gasteiger partial charge in [0, 0.05) is 6.07 Å². The average molecular weight is 350 g/mol. The molecular weight excluding hydrogens is 345 g/mol. The molecule has 0 aromatic heterocycles. The second-order valence-corrected chi connectivity index (χ2v) is 5.94. The van der Waals surface area contributed by atoms with E-state index >= 15 is 0 Å². The number of halogens is 2. The standard InChI is InChI=1S/C6H5FIO6P/c7-4-1-2-5(8(9)10)6(3-4)14-15(11,12)13/h1-3H,(H2,11,12,13). The lowest BCUT2D eigenvalue weighted by molar-refractivity contribution is 0.282. The molecule has 0 aliphatic carbocycles. The molecule has 6 nitrogen and oxygen atoms in total. The molecule has 0 heterocycles. The molecule has 0 amide bonds. The molecule has 0 fully saturated rings. The van der Waals surface area contributed by atoms with Crippen LogP contribution in [-0.4, -0.2) is 9.79 Å². The predicted octanol–water partition coefficient (Wildman–Crippen LogP) is 1.66. The van der Waals surface area contributed by atoms with Crippen molar-refractivity contribution < 1.29 is 29.4 Å². The van der Waals surface area contributed by atoms with E-state index in [0.717, 1.165) is 12.1 Å². The summed E-state index contributed by atoms with van der Waals surface area (Å²) in [6, 6.07) is 2.36. The van der Waals surface area contributed by atoms with Crippen LogP contribution >= 0.6 is 27.6 Å². The largest absolute Gasteiger partial charge is 0.524 e. The Hall–Kier alpha value is -0.570. The smallest absolute Gasteiger partial charge is 0.403 e. The van der Waals surface area contributed by atoms with Crippen LogP contribution in [-0.2, 0) is 10.7 Å². The van der Waals surface area contributed by atoms with Gasteiger partial charge in [0.25, 0.3) is 0 Å². The molecule has 0 spiro atoms. The fourth-order valence-corrected chi connectivity index (χ4v) is 2.56. The molecule has 2 N–H and O–H groups in total. The van der Waals surface area contributed by atoms with Crippen molar-refractivity contribution in [1.82, 2.24) is 0 Å². The number of hydrogen-bond acceptors (Lipinski definition) is 4. The highest BCUT2D eigenvalue weighted by Gasteiger charge is 2.20. The normalized spacial score (nSPS) is 11.7.